The molecule has 0 bridgehead atoms. The summed E-state index contributed by atoms with van der Waals surface area (Å²) in [6, 6.07) is 0. The Morgan fingerprint density at radius 1 is 1.45 bits per heavy atom. The number of nitrogens with zero attached hydrogens (tertiary/aromatic N) is 4. The van der Waals surface area contributed by atoms with Gasteiger partial charge in [-0.05, 0) is 38.4 Å². The molecule has 0 spiro atoms. The first-order chi connectivity index (χ1) is 9.60. The van der Waals surface area contributed by atoms with E-state index >= 15 is 0 Å². The van der Waals surface area contributed by atoms with Gasteiger partial charge in [0.2, 0.25) is 5.95 Å². The lowest BCUT2D eigenvalue weighted by Crippen LogP contribution is -2.34. The Kier molecular flexibility index (Phi) is 5.24. The third-order valence-electron chi connectivity index (χ3n) is 3.67. The number of hydrogen-bond donors (Lipinski definition) is 2. The zero-order valence-corrected chi connectivity index (χ0v) is 12.5. The van der Waals surface area contributed by atoms with Crippen molar-refractivity contribution in [3.8, 4) is 0 Å². The predicted octanol–water partition coefficient (Wildman–Crippen LogP) is 0.769. The van der Waals surface area contributed by atoms with E-state index in [-0.39, 0.29) is 5.75 Å². The molecule has 1 aliphatic rings. The van der Waals surface area contributed by atoms with Crippen molar-refractivity contribution in [1.29, 1.82) is 0 Å². The van der Waals surface area contributed by atoms with Crippen LogP contribution in [-0.4, -0.2) is 56.1 Å². The molecule has 1 aliphatic heterocycles. The van der Waals surface area contributed by atoms with Gasteiger partial charge in [-0.15, -0.1) is 10.2 Å². The van der Waals surface area contributed by atoms with E-state index in [9.17, 15) is 4.79 Å². The Bertz CT molecular complexity index is 457. The van der Waals surface area contributed by atoms with Gasteiger partial charge >= 0.3 is 5.97 Å². The Hall–Kier alpha value is -1.28. The Balaban J connectivity index is 1.95. The molecule has 8 heteroatoms. The molecule has 20 heavy (non-hydrogen) atoms. The fourth-order valence-corrected chi connectivity index (χ4v) is 3.12. The molecule has 0 amide bonds. The fraction of sp³-hybridized carbons (Fsp3) is 0.750. The smallest absolute Gasteiger partial charge is 0.313 e. The fourth-order valence-electron chi connectivity index (χ4n) is 2.45. The topological polar surface area (TPSA) is 97.3 Å². The van der Waals surface area contributed by atoms with Crippen molar-refractivity contribution >= 4 is 23.7 Å². The average molecular weight is 299 g/mol. The summed E-state index contributed by atoms with van der Waals surface area (Å²) >= 11 is 1.17. The Morgan fingerprint density at radius 2 is 2.15 bits per heavy atom. The molecule has 1 saturated heterocycles. The first kappa shape index (κ1) is 15.1. The zero-order chi connectivity index (χ0) is 14.5. The van der Waals surface area contributed by atoms with Crippen LogP contribution in [0.5, 0.6) is 0 Å². The molecule has 112 valence electrons. The second kappa shape index (κ2) is 6.94. The number of hydrogen-bond acceptors (Lipinski definition) is 6. The lowest BCUT2D eigenvalue weighted by atomic mass is 9.97. The summed E-state index contributed by atoms with van der Waals surface area (Å²) in [4.78, 5) is 13.1. The van der Waals surface area contributed by atoms with E-state index in [0.29, 0.717) is 17.0 Å². The van der Waals surface area contributed by atoms with Gasteiger partial charge in [0.25, 0.3) is 0 Å². The predicted molar refractivity (Wildman–Crippen MR) is 77.6 cm³/mol. The number of carbonyl (C=O) groups is 1. The number of likely N-dealkylation sites (tertiary alicyclic amines) is 1. The maximum Gasteiger partial charge on any atom is 0.313 e. The first-order valence-electron chi connectivity index (χ1n) is 6.85. The molecule has 1 aromatic rings. The Labute approximate surface area is 122 Å². The van der Waals surface area contributed by atoms with Gasteiger partial charge in [0.05, 0.1) is 5.75 Å². The maximum absolute atomic E-state index is 10.6. The van der Waals surface area contributed by atoms with Gasteiger partial charge in [-0.3, -0.25) is 9.36 Å². The molecule has 0 atom stereocenters. The highest BCUT2D eigenvalue weighted by Crippen LogP contribution is 2.24. The third kappa shape index (κ3) is 3.86. The molecule has 0 radical (unpaired) electrons. The standard InChI is InChI=1S/C12H21N5O2S/c1-2-16-5-3-9(4-6-16)7-17-11(13)14-15-12(17)20-8-10(18)19/h9H,2-8H2,1H3,(H2,13,14)(H,18,19). The van der Waals surface area contributed by atoms with Crippen molar-refractivity contribution in [2.24, 2.45) is 5.92 Å². The number of anilines is 1. The van der Waals surface area contributed by atoms with Crippen molar-refractivity contribution < 1.29 is 9.90 Å². The van der Waals surface area contributed by atoms with Gasteiger partial charge in [0.1, 0.15) is 0 Å². The summed E-state index contributed by atoms with van der Waals surface area (Å²) in [7, 11) is 0. The molecule has 0 aromatic carbocycles. The Morgan fingerprint density at radius 3 is 2.75 bits per heavy atom. The van der Waals surface area contributed by atoms with Gasteiger partial charge in [0, 0.05) is 6.54 Å². The third-order valence-corrected chi connectivity index (χ3v) is 4.62. The number of nitrogens with two attached hydrogens (primary N) is 1. The van der Waals surface area contributed by atoms with Crippen molar-refractivity contribution in [1.82, 2.24) is 19.7 Å². The lowest BCUT2D eigenvalue weighted by molar-refractivity contribution is -0.133. The highest BCUT2D eigenvalue weighted by molar-refractivity contribution is 7.99. The van der Waals surface area contributed by atoms with Crippen LogP contribution in [-0.2, 0) is 11.3 Å². The molecular weight excluding hydrogens is 278 g/mol. The summed E-state index contributed by atoms with van der Waals surface area (Å²) in [6.07, 6.45) is 2.27. The number of carboxylic acids is 1. The monoisotopic (exact) mass is 299 g/mol. The number of carboxylic acid groups (broad SMARTS) is 1. The van der Waals surface area contributed by atoms with Crippen LogP contribution < -0.4 is 5.73 Å². The second-order valence-electron chi connectivity index (χ2n) is 5.01. The van der Waals surface area contributed by atoms with E-state index in [1.165, 1.54) is 11.8 Å². The number of aromatic nitrogens is 3. The molecule has 1 aromatic heterocycles. The van der Waals surface area contributed by atoms with E-state index in [1.54, 1.807) is 0 Å². The molecular formula is C12H21N5O2S. The quantitative estimate of drug-likeness (QED) is 0.749. The van der Waals surface area contributed by atoms with Crippen LogP contribution in [0.3, 0.4) is 0 Å². The highest BCUT2D eigenvalue weighted by Gasteiger charge is 2.21. The van der Waals surface area contributed by atoms with Crippen LogP contribution in [0, 0.1) is 5.92 Å². The molecule has 0 saturated carbocycles. The second-order valence-corrected chi connectivity index (χ2v) is 5.95. The minimum Gasteiger partial charge on any atom is -0.481 e. The summed E-state index contributed by atoms with van der Waals surface area (Å²) in [5.74, 6) is 0.0438. The summed E-state index contributed by atoms with van der Waals surface area (Å²) in [5.41, 5.74) is 5.84. The van der Waals surface area contributed by atoms with Crippen LogP contribution in [0.4, 0.5) is 5.95 Å². The summed E-state index contributed by atoms with van der Waals surface area (Å²) < 4.78 is 1.85. The van der Waals surface area contributed by atoms with Crippen molar-refractivity contribution in [3.05, 3.63) is 0 Å². The number of nitrogen functional groups attached to an aromatic ring is 1. The molecule has 7 nitrogen and oxygen atoms in total. The van der Waals surface area contributed by atoms with Gasteiger partial charge in [0.15, 0.2) is 5.16 Å². The molecule has 2 heterocycles. The highest BCUT2D eigenvalue weighted by atomic mass is 32.2. The number of rotatable bonds is 6. The first-order valence-corrected chi connectivity index (χ1v) is 7.84. The van der Waals surface area contributed by atoms with E-state index < -0.39 is 5.97 Å². The van der Waals surface area contributed by atoms with Crippen LogP contribution in [0.15, 0.2) is 5.16 Å². The van der Waals surface area contributed by atoms with Crippen molar-refractivity contribution in [2.75, 3.05) is 31.1 Å². The van der Waals surface area contributed by atoms with Gasteiger partial charge in [-0.2, -0.15) is 0 Å². The number of piperidine rings is 1. The van der Waals surface area contributed by atoms with Crippen LogP contribution in [0.2, 0.25) is 0 Å². The summed E-state index contributed by atoms with van der Waals surface area (Å²) in [6.45, 7) is 6.28. The molecule has 2 rings (SSSR count). The van der Waals surface area contributed by atoms with Crippen molar-refractivity contribution in [3.63, 3.8) is 0 Å². The van der Waals surface area contributed by atoms with Gasteiger partial charge < -0.3 is 15.7 Å². The number of aliphatic carboxylic acids is 1. The summed E-state index contributed by atoms with van der Waals surface area (Å²) in [5, 5.41) is 17.2. The normalized spacial score (nSPS) is 17.4. The van der Waals surface area contributed by atoms with Crippen molar-refractivity contribution in [2.45, 2.75) is 31.5 Å². The minimum atomic E-state index is -0.862. The van der Waals surface area contributed by atoms with E-state index in [0.717, 1.165) is 39.0 Å². The van der Waals surface area contributed by atoms with E-state index in [2.05, 4.69) is 22.0 Å². The zero-order valence-electron chi connectivity index (χ0n) is 11.7. The van der Waals surface area contributed by atoms with E-state index in [4.69, 9.17) is 10.8 Å². The largest absolute Gasteiger partial charge is 0.481 e. The number of thioether (sulfide) groups is 1. The van der Waals surface area contributed by atoms with Gasteiger partial charge in [-0.1, -0.05) is 18.7 Å². The molecule has 3 N–H and O–H groups in total. The minimum absolute atomic E-state index is 0.0214. The van der Waals surface area contributed by atoms with Crippen LogP contribution in [0.1, 0.15) is 19.8 Å². The molecule has 0 unspecified atom stereocenters. The average Bonchev–Trinajstić information content (AvgIpc) is 2.78. The lowest BCUT2D eigenvalue weighted by Gasteiger charge is -2.31. The van der Waals surface area contributed by atoms with E-state index in [1.807, 2.05) is 4.57 Å². The maximum atomic E-state index is 10.6. The van der Waals surface area contributed by atoms with Gasteiger partial charge in [-0.25, -0.2) is 0 Å². The molecule has 1 fully saturated rings. The SMILES string of the molecule is CCN1CCC(Cn2c(N)nnc2SCC(=O)O)CC1. The van der Waals surface area contributed by atoms with Crippen LogP contribution >= 0.6 is 11.8 Å². The molecule has 0 aliphatic carbocycles. The van der Waals surface area contributed by atoms with Crippen LogP contribution in [0.25, 0.3) is 0 Å².